The summed E-state index contributed by atoms with van der Waals surface area (Å²) < 4.78 is 5.45. The third-order valence-electron chi connectivity index (χ3n) is 4.80. The molecule has 4 rings (SSSR count). The summed E-state index contributed by atoms with van der Waals surface area (Å²) in [5, 5.41) is 18.5. The van der Waals surface area contributed by atoms with Gasteiger partial charge in [-0.1, -0.05) is 30.3 Å². The Bertz CT molecular complexity index is 1130. The molecule has 0 saturated heterocycles. The number of H-pyrrole nitrogens is 1. The fraction of sp³-hybridized carbons (Fsp3) is 0.150. The molecule has 8 heteroatoms. The number of methoxy groups -OCH3 is 1. The van der Waals surface area contributed by atoms with Gasteiger partial charge in [0.05, 0.1) is 18.2 Å². The number of nitro benzene ring substituents is 1. The van der Waals surface area contributed by atoms with Crippen LogP contribution in [-0.2, 0) is 0 Å². The van der Waals surface area contributed by atoms with Crippen LogP contribution in [0.15, 0.2) is 59.7 Å². The predicted octanol–water partition coefficient (Wildman–Crippen LogP) is 3.88. The minimum atomic E-state index is -0.762. The molecule has 0 fully saturated rings. The summed E-state index contributed by atoms with van der Waals surface area (Å²) in [7, 11) is 1.55. The van der Waals surface area contributed by atoms with Crippen LogP contribution in [0.1, 0.15) is 22.6 Å². The van der Waals surface area contributed by atoms with Gasteiger partial charge in [0.25, 0.3) is 11.7 Å². The third-order valence-corrected chi connectivity index (χ3v) is 4.80. The van der Waals surface area contributed by atoms with Crippen LogP contribution in [-0.4, -0.2) is 34.0 Å². The first kappa shape index (κ1) is 17.4. The summed E-state index contributed by atoms with van der Waals surface area (Å²) in [6, 6.07) is 13.0. The molecule has 2 aromatic carbocycles. The van der Waals surface area contributed by atoms with Crippen molar-refractivity contribution in [1.82, 2.24) is 10.2 Å². The van der Waals surface area contributed by atoms with Crippen molar-refractivity contribution in [3.63, 3.8) is 0 Å². The van der Waals surface area contributed by atoms with E-state index in [1.54, 1.807) is 37.6 Å². The Balaban J connectivity index is 1.96. The van der Waals surface area contributed by atoms with Gasteiger partial charge in [0.2, 0.25) is 0 Å². The second-order valence-electron chi connectivity index (χ2n) is 6.24. The number of aromatic nitrogens is 2. The molecule has 1 N–H and O–H groups in total. The molecule has 1 aromatic heterocycles. The molecule has 2 unspecified atom stereocenters. The number of nitrogens with zero attached hydrogens (tertiary/aromatic N) is 4. The predicted molar refractivity (Wildman–Crippen MR) is 103 cm³/mol. The lowest BCUT2D eigenvalue weighted by atomic mass is 9.80. The summed E-state index contributed by atoms with van der Waals surface area (Å²) in [5.41, 5.74) is 2.25. The number of aromatic amines is 1. The monoisotopic (exact) mass is 373 g/mol. The number of hydrogen-bond donors (Lipinski definition) is 1. The quantitative estimate of drug-likeness (QED) is 0.426. The summed E-state index contributed by atoms with van der Waals surface area (Å²) >= 11 is 0. The number of aliphatic imine (C=N–C) groups is 1. The van der Waals surface area contributed by atoms with Gasteiger partial charge in [0, 0.05) is 22.8 Å². The number of fused-ring (bicyclic) bond motifs is 1. The normalized spacial score (nSPS) is 17.9. The van der Waals surface area contributed by atoms with Crippen molar-refractivity contribution >= 4 is 17.2 Å². The Morgan fingerprint density at radius 3 is 2.68 bits per heavy atom. The molecule has 0 amide bonds. The van der Waals surface area contributed by atoms with E-state index in [-0.39, 0.29) is 5.69 Å². The molecular weight excluding hydrogens is 358 g/mol. The molecule has 2 atom stereocenters. The number of benzene rings is 2. The first-order chi connectivity index (χ1) is 13.7. The number of nitro groups is 1. The van der Waals surface area contributed by atoms with E-state index in [0.29, 0.717) is 34.0 Å². The van der Waals surface area contributed by atoms with Crippen LogP contribution in [0, 0.1) is 16.7 Å². The van der Waals surface area contributed by atoms with Crippen molar-refractivity contribution in [2.45, 2.75) is 12.0 Å². The van der Waals surface area contributed by atoms with Crippen molar-refractivity contribution < 1.29 is 9.66 Å². The van der Waals surface area contributed by atoms with E-state index in [1.165, 1.54) is 6.07 Å². The van der Waals surface area contributed by atoms with E-state index in [9.17, 15) is 10.1 Å². The average molecular weight is 373 g/mol. The summed E-state index contributed by atoms with van der Waals surface area (Å²) in [6.07, 6.45) is 1.58. The maximum absolute atomic E-state index is 11.6. The van der Waals surface area contributed by atoms with Crippen molar-refractivity contribution in [2.75, 3.05) is 7.11 Å². The van der Waals surface area contributed by atoms with Crippen molar-refractivity contribution in [2.24, 2.45) is 4.99 Å². The number of para-hydroxylation sites is 2. The van der Waals surface area contributed by atoms with E-state index in [1.807, 2.05) is 18.2 Å². The van der Waals surface area contributed by atoms with Crippen molar-refractivity contribution in [1.29, 1.82) is 0 Å². The highest BCUT2D eigenvalue weighted by molar-refractivity contribution is 6.10. The Morgan fingerprint density at radius 2 is 1.93 bits per heavy atom. The highest BCUT2D eigenvalue weighted by Crippen LogP contribution is 2.44. The van der Waals surface area contributed by atoms with Crippen LogP contribution in [0.4, 0.5) is 11.5 Å². The van der Waals surface area contributed by atoms with Gasteiger partial charge >= 0.3 is 0 Å². The molecule has 3 aromatic rings. The van der Waals surface area contributed by atoms with Gasteiger partial charge in [-0.25, -0.2) is 11.6 Å². The van der Waals surface area contributed by atoms with E-state index in [4.69, 9.17) is 11.3 Å². The number of rotatable bonds is 4. The van der Waals surface area contributed by atoms with Crippen LogP contribution in [0.3, 0.4) is 0 Å². The summed E-state index contributed by atoms with van der Waals surface area (Å²) in [4.78, 5) is 19.6. The molecule has 28 heavy (non-hydrogen) atoms. The number of ether oxygens (including phenoxy) is 1. The highest BCUT2D eigenvalue weighted by Gasteiger charge is 2.44. The number of nitrogens with one attached hydrogen (secondary N) is 1. The van der Waals surface area contributed by atoms with Crippen LogP contribution in [0.5, 0.6) is 5.75 Å². The van der Waals surface area contributed by atoms with Crippen molar-refractivity contribution in [3.05, 3.63) is 92.9 Å². The van der Waals surface area contributed by atoms with Gasteiger partial charge in [-0.3, -0.25) is 15.2 Å². The van der Waals surface area contributed by atoms with Crippen molar-refractivity contribution in [3.8, 4) is 5.75 Å². The van der Waals surface area contributed by atoms with Gasteiger partial charge in [0.15, 0.2) is 5.82 Å². The van der Waals surface area contributed by atoms with E-state index in [0.717, 1.165) is 0 Å². The average Bonchev–Trinajstić information content (AvgIpc) is 3.20. The molecule has 8 nitrogen and oxygen atoms in total. The lowest BCUT2D eigenvalue weighted by molar-refractivity contribution is -0.385. The third kappa shape index (κ3) is 2.70. The van der Waals surface area contributed by atoms with Crippen LogP contribution < -0.4 is 4.74 Å². The molecule has 0 spiro atoms. The summed E-state index contributed by atoms with van der Waals surface area (Å²) in [5.74, 6) is 0.494. The second kappa shape index (κ2) is 6.96. The molecule has 138 valence electrons. The zero-order valence-corrected chi connectivity index (χ0v) is 14.9. The zero-order valence-electron chi connectivity index (χ0n) is 14.9. The minimum Gasteiger partial charge on any atom is -0.496 e. The van der Waals surface area contributed by atoms with Crippen LogP contribution >= 0.6 is 0 Å². The van der Waals surface area contributed by atoms with Gasteiger partial charge in [-0.05, 0) is 12.1 Å². The van der Waals surface area contributed by atoms with E-state index >= 15 is 0 Å². The Kier molecular flexibility index (Phi) is 4.33. The molecule has 0 radical (unpaired) electrons. The Labute approximate surface area is 160 Å². The standard InChI is InChI=1S/C20H15N5O3/c1-21-19-17(12-7-3-5-9-15(12)25(26)27)14-11-22-24-20(14)23-18(19)13-8-4-6-10-16(13)28-2/h3-11,17,19H,2H3,(H,22,24). The largest absolute Gasteiger partial charge is 0.496 e. The van der Waals surface area contributed by atoms with Gasteiger partial charge in [-0.2, -0.15) is 5.10 Å². The van der Waals surface area contributed by atoms with Gasteiger partial charge < -0.3 is 9.58 Å². The summed E-state index contributed by atoms with van der Waals surface area (Å²) in [6.45, 7) is 7.86. The zero-order chi connectivity index (χ0) is 19.7. The molecule has 0 saturated carbocycles. The lowest BCUT2D eigenvalue weighted by Crippen LogP contribution is -2.30. The van der Waals surface area contributed by atoms with Gasteiger partial charge in [-0.15, -0.1) is 0 Å². The Morgan fingerprint density at radius 1 is 1.18 bits per heavy atom. The highest BCUT2D eigenvalue weighted by atomic mass is 16.6. The van der Waals surface area contributed by atoms with Gasteiger partial charge in [0.1, 0.15) is 17.4 Å². The molecular formula is C20H15N5O3. The first-order valence-electron chi connectivity index (χ1n) is 8.50. The molecule has 1 aliphatic heterocycles. The molecule has 0 bridgehead atoms. The van der Waals surface area contributed by atoms with E-state index in [2.05, 4.69) is 20.0 Å². The maximum Gasteiger partial charge on any atom is 0.277 e. The number of hydrogen-bond acceptors (Lipinski definition) is 5. The van der Waals surface area contributed by atoms with E-state index < -0.39 is 16.9 Å². The molecule has 1 aliphatic rings. The molecule has 2 heterocycles. The van der Waals surface area contributed by atoms with Crippen LogP contribution in [0.25, 0.3) is 4.85 Å². The second-order valence-corrected chi connectivity index (χ2v) is 6.24. The lowest BCUT2D eigenvalue weighted by Gasteiger charge is -2.24. The fourth-order valence-corrected chi connectivity index (χ4v) is 3.59. The smallest absolute Gasteiger partial charge is 0.277 e. The minimum absolute atomic E-state index is 0.0328. The SMILES string of the molecule is [C-]#[N+]C1C(c2ccccc2OC)=Nc2[nH]ncc2C1c1ccccc1[N+](=O)[O-]. The topological polar surface area (TPSA) is 97.8 Å². The van der Waals surface area contributed by atoms with Crippen LogP contribution in [0.2, 0.25) is 0 Å². The Hall–Kier alpha value is -3.99. The first-order valence-corrected chi connectivity index (χ1v) is 8.50. The molecule has 0 aliphatic carbocycles. The maximum atomic E-state index is 11.6. The fourth-order valence-electron chi connectivity index (χ4n) is 3.59.